The standard InChI is InChI=1S/C29H38N2O5/c1-8-35-21-13-10-19(11-14-21)25-24(27(33)28(34)31(25)17-16-30(6)7)26(32)20-12-15-23(36-9-2)22(18-20)29(3,4)5/h10-15,18,25,32H,8-9,16-17H2,1-7H3/b26-24-. The Bertz CT molecular complexity index is 1130. The number of aliphatic hydroxyl groups is 1. The molecule has 0 saturated carbocycles. The van der Waals surface area contributed by atoms with Gasteiger partial charge >= 0.3 is 0 Å². The van der Waals surface area contributed by atoms with Crippen molar-refractivity contribution in [3.8, 4) is 11.5 Å². The molecule has 0 aromatic heterocycles. The topological polar surface area (TPSA) is 79.3 Å². The van der Waals surface area contributed by atoms with Crippen LogP contribution >= 0.6 is 0 Å². The summed E-state index contributed by atoms with van der Waals surface area (Å²) in [7, 11) is 3.83. The number of benzene rings is 2. The molecular formula is C29H38N2O5. The Labute approximate surface area is 214 Å². The fourth-order valence-corrected chi connectivity index (χ4v) is 4.38. The van der Waals surface area contributed by atoms with E-state index in [4.69, 9.17) is 9.47 Å². The van der Waals surface area contributed by atoms with Crippen molar-refractivity contribution in [3.63, 3.8) is 0 Å². The van der Waals surface area contributed by atoms with E-state index < -0.39 is 17.7 Å². The summed E-state index contributed by atoms with van der Waals surface area (Å²) in [5.41, 5.74) is 1.96. The van der Waals surface area contributed by atoms with Gasteiger partial charge in [-0.05, 0) is 69.3 Å². The highest BCUT2D eigenvalue weighted by Crippen LogP contribution is 2.41. The molecule has 7 nitrogen and oxygen atoms in total. The Morgan fingerprint density at radius 2 is 1.64 bits per heavy atom. The fourth-order valence-electron chi connectivity index (χ4n) is 4.38. The number of aliphatic hydroxyl groups excluding tert-OH is 1. The van der Waals surface area contributed by atoms with E-state index in [0.717, 1.165) is 16.9 Å². The Kier molecular flexibility index (Phi) is 8.46. The molecule has 1 saturated heterocycles. The Balaban J connectivity index is 2.17. The summed E-state index contributed by atoms with van der Waals surface area (Å²) in [5.74, 6) is -0.0485. The van der Waals surface area contributed by atoms with Crippen LogP contribution in [0.3, 0.4) is 0 Å². The number of hydrogen-bond acceptors (Lipinski definition) is 6. The molecule has 1 amide bonds. The molecule has 3 rings (SSSR count). The lowest BCUT2D eigenvalue weighted by Crippen LogP contribution is -2.35. The third-order valence-corrected chi connectivity index (χ3v) is 6.20. The number of nitrogens with zero attached hydrogens (tertiary/aromatic N) is 2. The van der Waals surface area contributed by atoms with Crippen LogP contribution in [0.15, 0.2) is 48.0 Å². The average Bonchev–Trinajstić information content (AvgIpc) is 3.07. The van der Waals surface area contributed by atoms with Crippen molar-refractivity contribution in [3.05, 3.63) is 64.7 Å². The monoisotopic (exact) mass is 494 g/mol. The van der Waals surface area contributed by atoms with Crippen LogP contribution < -0.4 is 9.47 Å². The number of amides is 1. The Morgan fingerprint density at radius 1 is 1.00 bits per heavy atom. The number of likely N-dealkylation sites (N-methyl/N-ethyl adjacent to an activating group) is 1. The SMILES string of the molecule is CCOc1ccc(C2/C(=C(/O)c3ccc(OCC)c(C(C)(C)C)c3)C(=O)C(=O)N2CCN(C)C)cc1. The van der Waals surface area contributed by atoms with Crippen molar-refractivity contribution < 1.29 is 24.2 Å². The van der Waals surface area contributed by atoms with Crippen molar-refractivity contribution in [1.29, 1.82) is 0 Å². The van der Waals surface area contributed by atoms with E-state index in [9.17, 15) is 14.7 Å². The summed E-state index contributed by atoms with van der Waals surface area (Å²) in [6.07, 6.45) is 0. The van der Waals surface area contributed by atoms with Gasteiger partial charge in [0.05, 0.1) is 24.8 Å². The van der Waals surface area contributed by atoms with Crippen LogP contribution in [-0.2, 0) is 15.0 Å². The summed E-state index contributed by atoms with van der Waals surface area (Å²) in [6, 6.07) is 12.0. The molecule has 7 heteroatoms. The van der Waals surface area contributed by atoms with Crippen LogP contribution in [-0.4, -0.2) is 67.0 Å². The second-order valence-electron chi connectivity index (χ2n) is 10.2. The molecule has 0 bridgehead atoms. The van der Waals surface area contributed by atoms with Crippen LogP contribution in [0.2, 0.25) is 0 Å². The molecular weight excluding hydrogens is 456 g/mol. The van der Waals surface area contributed by atoms with Gasteiger partial charge in [0.15, 0.2) is 0 Å². The molecule has 1 heterocycles. The van der Waals surface area contributed by atoms with Crippen molar-refractivity contribution in [2.24, 2.45) is 0 Å². The number of Topliss-reactive ketones (excluding diaryl/α,β-unsaturated/α-hetero) is 1. The maximum atomic E-state index is 13.3. The molecule has 1 fully saturated rings. The molecule has 0 aliphatic carbocycles. The van der Waals surface area contributed by atoms with E-state index >= 15 is 0 Å². The molecule has 1 aliphatic rings. The molecule has 194 valence electrons. The second-order valence-corrected chi connectivity index (χ2v) is 10.2. The van der Waals surface area contributed by atoms with Crippen LogP contribution in [0.4, 0.5) is 0 Å². The van der Waals surface area contributed by atoms with Crippen molar-refractivity contribution in [2.75, 3.05) is 40.4 Å². The predicted octanol–water partition coefficient (Wildman–Crippen LogP) is 4.76. The fraction of sp³-hybridized carbons (Fsp3) is 0.448. The van der Waals surface area contributed by atoms with Gasteiger partial charge in [-0.3, -0.25) is 9.59 Å². The van der Waals surface area contributed by atoms with Crippen molar-refractivity contribution in [1.82, 2.24) is 9.80 Å². The second kappa shape index (κ2) is 11.2. The van der Waals surface area contributed by atoms with Gasteiger partial charge in [-0.1, -0.05) is 32.9 Å². The molecule has 1 aliphatic heterocycles. The zero-order chi connectivity index (χ0) is 26.6. The molecule has 1 N–H and O–H groups in total. The third-order valence-electron chi connectivity index (χ3n) is 6.20. The maximum Gasteiger partial charge on any atom is 0.295 e. The van der Waals surface area contributed by atoms with Gasteiger partial charge < -0.3 is 24.4 Å². The van der Waals surface area contributed by atoms with Gasteiger partial charge in [0.1, 0.15) is 17.3 Å². The van der Waals surface area contributed by atoms with Crippen molar-refractivity contribution >= 4 is 17.4 Å². The number of ether oxygens (including phenoxy) is 2. The summed E-state index contributed by atoms with van der Waals surface area (Å²) in [6.45, 7) is 12.0. The van der Waals surface area contributed by atoms with Gasteiger partial charge in [0.25, 0.3) is 11.7 Å². The lowest BCUT2D eigenvalue weighted by atomic mass is 9.84. The first-order valence-corrected chi connectivity index (χ1v) is 12.4. The Morgan fingerprint density at radius 3 is 2.19 bits per heavy atom. The lowest BCUT2D eigenvalue weighted by molar-refractivity contribution is -0.140. The van der Waals surface area contributed by atoms with Gasteiger partial charge in [0.2, 0.25) is 0 Å². The first-order chi connectivity index (χ1) is 17.0. The number of carbonyl (C=O) groups excluding carboxylic acids is 2. The van der Waals surface area contributed by atoms with Gasteiger partial charge in [-0.2, -0.15) is 0 Å². The Hall–Kier alpha value is -3.32. The first-order valence-electron chi connectivity index (χ1n) is 12.4. The average molecular weight is 495 g/mol. The highest BCUT2D eigenvalue weighted by molar-refractivity contribution is 6.46. The van der Waals surface area contributed by atoms with Gasteiger partial charge in [-0.25, -0.2) is 0 Å². The number of hydrogen-bond donors (Lipinski definition) is 1. The zero-order valence-electron chi connectivity index (χ0n) is 22.4. The number of carbonyl (C=O) groups is 2. The highest BCUT2D eigenvalue weighted by Gasteiger charge is 2.46. The minimum Gasteiger partial charge on any atom is -0.507 e. The zero-order valence-corrected chi connectivity index (χ0v) is 22.4. The minimum atomic E-state index is -0.703. The van der Waals surface area contributed by atoms with Crippen molar-refractivity contribution in [2.45, 2.75) is 46.1 Å². The van der Waals surface area contributed by atoms with E-state index in [1.807, 2.05) is 69.2 Å². The smallest absolute Gasteiger partial charge is 0.295 e. The third kappa shape index (κ3) is 5.73. The van der Waals surface area contributed by atoms with Crippen LogP contribution in [0.1, 0.15) is 57.4 Å². The normalized spacial score (nSPS) is 17.7. The molecule has 2 aromatic rings. The minimum absolute atomic E-state index is 0.0898. The summed E-state index contributed by atoms with van der Waals surface area (Å²) in [5, 5.41) is 11.5. The van der Waals surface area contributed by atoms with E-state index in [1.165, 1.54) is 0 Å². The molecule has 0 radical (unpaired) electrons. The van der Waals surface area contributed by atoms with Crippen LogP contribution in [0.5, 0.6) is 11.5 Å². The van der Waals surface area contributed by atoms with E-state index in [0.29, 0.717) is 37.6 Å². The molecule has 0 spiro atoms. The number of ketones is 1. The molecule has 1 unspecified atom stereocenters. The maximum absolute atomic E-state index is 13.3. The van der Waals surface area contributed by atoms with Gasteiger partial charge in [-0.15, -0.1) is 0 Å². The van der Waals surface area contributed by atoms with E-state index in [2.05, 4.69) is 20.8 Å². The van der Waals surface area contributed by atoms with Crippen LogP contribution in [0, 0.1) is 0 Å². The summed E-state index contributed by atoms with van der Waals surface area (Å²) < 4.78 is 11.4. The summed E-state index contributed by atoms with van der Waals surface area (Å²) in [4.78, 5) is 30.0. The molecule has 2 aromatic carbocycles. The molecule has 1 atom stereocenters. The summed E-state index contributed by atoms with van der Waals surface area (Å²) >= 11 is 0. The van der Waals surface area contributed by atoms with E-state index in [-0.39, 0.29) is 16.7 Å². The quantitative estimate of drug-likeness (QED) is 0.308. The molecule has 36 heavy (non-hydrogen) atoms. The van der Waals surface area contributed by atoms with Gasteiger partial charge in [0, 0.05) is 24.2 Å². The number of likely N-dealkylation sites (tertiary alicyclic amines) is 1. The largest absolute Gasteiger partial charge is 0.507 e. The predicted molar refractivity (Wildman–Crippen MR) is 141 cm³/mol. The lowest BCUT2D eigenvalue weighted by Gasteiger charge is -2.27. The first kappa shape index (κ1) is 27.3. The van der Waals surface area contributed by atoms with E-state index in [1.54, 1.807) is 11.0 Å². The highest BCUT2D eigenvalue weighted by atomic mass is 16.5. The van der Waals surface area contributed by atoms with Crippen LogP contribution in [0.25, 0.3) is 5.76 Å². The number of rotatable bonds is 9.